The van der Waals surface area contributed by atoms with E-state index in [1.165, 1.54) is 58.0 Å². The lowest BCUT2D eigenvalue weighted by molar-refractivity contribution is 0.271. The van der Waals surface area contributed by atoms with Crippen molar-refractivity contribution in [2.45, 2.75) is 57.9 Å². The van der Waals surface area contributed by atoms with Crippen LogP contribution in [0.15, 0.2) is 16.9 Å². The molecule has 2 rings (SSSR count). The molecule has 4 nitrogen and oxygen atoms in total. The van der Waals surface area contributed by atoms with Crippen LogP contribution in [0.5, 0.6) is 0 Å². The first kappa shape index (κ1) is 18.7. The van der Waals surface area contributed by atoms with Crippen LogP contribution >= 0.6 is 15.9 Å². The Morgan fingerprint density at radius 2 is 1.74 bits per heavy atom. The summed E-state index contributed by atoms with van der Waals surface area (Å²) < 4.78 is 0.936. The number of anilines is 1. The van der Waals surface area contributed by atoms with Crippen molar-refractivity contribution in [1.82, 2.24) is 14.9 Å². The zero-order chi connectivity index (χ0) is 16.7. The maximum Gasteiger partial charge on any atom is 0.225 e. The molecule has 1 heterocycles. The lowest BCUT2D eigenvalue weighted by Gasteiger charge is -2.34. The Labute approximate surface area is 149 Å². The fourth-order valence-electron chi connectivity index (χ4n) is 3.62. The third-order valence-electron chi connectivity index (χ3n) is 5.04. The molecule has 1 fully saturated rings. The van der Waals surface area contributed by atoms with Gasteiger partial charge in [-0.15, -0.1) is 0 Å². The Kier molecular flexibility index (Phi) is 7.77. The molecule has 1 aliphatic carbocycles. The average Bonchev–Trinajstić information content (AvgIpc) is 2.56. The molecular formula is C18H31BrN4. The molecule has 0 unspecified atom stereocenters. The summed E-state index contributed by atoms with van der Waals surface area (Å²) in [5.74, 6) is 1.76. The van der Waals surface area contributed by atoms with Crippen molar-refractivity contribution in [3.8, 4) is 0 Å². The predicted molar refractivity (Wildman–Crippen MR) is 101 cm³/mol. The van der Waals surface area contributed by atoms with E-state index < -0.39 is 0 Å². The zero-order valence-electron chi connectivity index (χ0n) is 14.8. The molecule has 130 valence electrons. The zero-order valence-corrected chi connectivity index (χ0v) is 16.4. The highest BCUT2D eigenvalue weighted by molar-refractivity contribution is 9.10. The van der Waals surface area contributed by atoms with Crippen LogP contribution < -0.4 is 4.90 Å². The summed E-state index contributed by atoms with van der Waals surface area (Å²) in [4.78, 5) is 13.6. The summed E-state index contributed by atoms with van der Waals surface area (Å²) in [6.07, 6.45) is 12.9. The number of halogens is 1. The van der Waals surface area contributed by atoms with Gasteiger partial charge in [0.15, 0.2) is 0 Å². The molecule has 0 bridgehead atoms. The first-order valence-electron chi connectivity index (χ1n) is 8.99. The van der Waals surface area contributed by atoms with Gasteiger partial charge in [-0.2, -0.15) is 0 Å². The third kappa shape index (κ3) is 6.03. The Hall–Kier alpha value is -0.680. The molecule has 0 N–H and O–H groups in total. The van der Waals surface area contributed by atoms with Crippen LogP contribution in [-0.2, 0) is 0 Å². The van der Waals surface area contributed by atoms with Gasteiger partial charge in [-0.25, -0.2) is 9.97 Å². The van der Waals surface area contributed by atoms with Crippen LogP contribution in [0.25, 0.3) is 0 Å². The van der Waals surface area contributed by atoms with Crippen molar-refractivity contribution in [3.05, 3.63) is 16.9 Å². The minimum Gasteiger partial charge on any atom is -0.341 e. The standard InChI is InChI=1S/C18H31BrN4/c1-4-11-22(2)12-5-6-15-7-9-17(10-8-15)23(3)18-20-13-16(19)14-21-18/h13-15,17H,4-12H2,1-3H3. The number of hydrogen-bond acceptors (Lipinski definition) is 4. The van der Waals surface area contributed by atoms with Crippen LogP contribution in [0.1, 0.15) is 51.9 Å². The molecule has 1 saturated carbocycles. The minimum absolute atomic E-state index is 0.593. The van der Waals surface area contributed by atoms with Crippen LogP contribution in [0.3, 0.4) is 0 Å². The van der Waals surface area contributed by atoms with E-state index in [0.717, 1.165) is 16.3 Å². The molecule has 0 aliphatic heterocycles. The molecule has 0 saturated heterocycles. The molecule has 0 spiro atoms. The van der Waals surface area contributed by atoms with E-state index in [9.17, 15) is 0 Å². The highest BCUT2D eigenvalue weighted by atomic mass is 79.9. The van der Waals surface area contributed by atoms with Crippen molar-refractivity contribution in [3.63, 3.8) is 0 Å². The first-order valence-corrected chi connectivity index (χ1v) is 9.78. The van der Waals surface area contributed by atoms with Gasteiger partial charge in [-0.1, -0.05) is 6.92 Å². The second-order valence-electron chi connectivity index (χ2n) is 6.93. The Bertz CT molecular complexity index is 443. The fraction of sp³-hybridized carbons (Fsp3) is 0.778. The van der Waals surface area contributed by atoms with Gasteiger partial charge in [0.2, 0.25) is 5.95 Å². The molecule has 1 aliphatic rings. The van der Waals surface area contributed by atoms with Crippen molar-refractivity contribution in [2.24, 2.45) is 5.92 Å². The molecular weight excluding hydrogens is 352 g/mol. The van der Waals surface area contributed by atoms with Crippen molar-refractivity contribution >= 4 is 21.9 Å². The normalized spacial score (nSPS) is 21.6. The van der Waals surface area contributed by atoms with Gasteiger partial charge in [0, 0.05) is 25.5 Å². The van der Waals surface area contributed by atoms with Gasteiger partial charge in [-0.05, 0) is 86.9 Å². The van der Waals surface area contributed by atoms with Crippen molar-refractivity contribution in [1.29, 1.82) is 0 Å². The molecule has 1 aromatic rings. The number of rotatable bonds is 8. The molecule has 0 amide bonds. The Morgan fingerprint density at radius 3 is 2.35 bits per heavy atom. The average molecular weight is 383 g/mol. The fourth-order valence-corrected chi connectivity index (χ4v) is 3.82. The number of hydrogen-bond donors (Lipinski definition) is 0. The van der Waals surface area contributed by atoms with Crippen molar-refractivity contribution in [2.75, 3.05) is 32.1 Å². The summed E-state index contributed by atoms with van der Waals surface area (Å²) in [6.45, 7) is 4.73. The number of nitrogens with zero attached hydrogens (tertiary/aromatic N) is 4. The van der Waals surface area contributed by atoms with E-state index in [0.29, 0.717) is 6.04 Å². The Balaban J connectivity index is 1.70. The summed E-state index contributed by atoms with van der Waals surface area (Å²) in [5, 5.41) is 0. The van der Waals surface area contributed by atoms with Gasteiger partial charge in [0.05, 0.1) is 4.47 Å². The van der Waals surface area contributed by atoms with Gasteiger partial charge in [0.25, 0.3) is 0 Å². The smallest absolute Gasteiger partial charge is 0.225 e. The monoisotopic (exact) mass is 382 g/mol. The second-order valence-corrected chi connectivity index (χ2v) is 7.85. The van der Waals surface area contributed by atoms with Crippen LogP contribution in [0, 0.1) is 5.92 Å². The quantitative estimate of drug-likeness (QED) is 0.668. The van der Waals surface area contributed by atoms with Crippen LogP contribution in [0.2, 0.25) is 0 Å². The highest BCUT2D eigenvalue weighted by Crippen LogP contribution is 2.31. The van der Waals surface area contributed by atoms with E-state index in [1.54, 1.807) is 0 Å². The molecule has 23 heavy (non-hydrogen) atoms. The van der Waals surface area contributed by atoms with E-state index in [1.807, 2.05) is 12.4 Å². The van der Waals surface area contributed by atoms with Gasteiger partial charge < -0.3 is 9.80 Å². The highest BCUT2D eigenvalue weighted by Gasteiger charge is 2.25. The molecule has 0 aromatic carbocycles. The summed E-state index contributed by atoms with van der Waals surface area (Å²) >= 11 is 3.40. The minimum atomic E-state index is 0.593. The lowest BCUT2D eigenvalue weighted by Crippen LogP contribution is -2.36. The maximum atomic E-state index is 4.42. The summed E-state index contributed by atoms with van der Waals surface area (Å²) in [7, 11) is 4.38. The lowest BCUT2D eigenvalue weighted by atomic mass is 9.83. The first-order chi connectivity index (χ1) is 11.1. The number of aromatic nitrogens is 2. The molecule has 0 atom stereocenters. The molecule has 0 radical (unpaired) electrons. The van der Waals surface area contributed by atoms with E-state index in [4.69, 9.17) is 0 Å². The van der Waals surface area contributed by atoms with E-state index >= 15 is 0 Å². The second kappa shape index (κ2) is 9.58. The molecule has 5 heteroatoms. The topological polar surface area (TPSA) is 32.3 Å². The van der Waals surface area contributed by atoms with Crippen molar-refractivity contribution < 1.29 is 0 Å². The molecule has 1 aromatic heterocycles. The maximum absolute atomic E-state index is 4.42. The predicted octanol–water partition coefficient (Wildman–Crippen LogP) is 4.36. The van der Waals surface area contributed by atoms with Crippen LogP contribution in [-0.4, -0.2) is 48.1 Å². The van der Waals surface area contributed by atoms with E-state index in [-0.39, 0.29) is 0 Å². The largest absolute Gasteiger partial charge is 0.341 e. The van der Waals surface area contributed by atoms with Gasteiger partial charge in [-0.3, -0.25) is 0 Å². The van der Waals surface area contributed by atoms with E-state index in [2.05, 4.69) is 56.7 Å². The van der Waals surface area contributed by atoms with Crippen LogP contribution in [0.4, 0.5) is 5.95 Å². The third-order valence-corrected chi connectivity index (χ3v) is 5.45. The SMILES string of the molecule is CCCN(C)CCCC1CCC(N(C)c2ncc(Br)cn2)CC1. The summed E-state index contributed by atoms with van der Waals surface area (Å²) in [6, 6.07) is 0.593. The Morgan fingerprint density at radius 1 is 1.09 bits per heavy atom. The van der Waals surface area contributed by atoms with Gasteiger partial charge >= 0.3 is 0 Å². The van der Waals surface area contributed by atoms with Gasteiger partial charge in [0.1, 0.15) is 0 Å². The summed E-state index contributed by atoms with van der Waals surface area (Å²) in [5.41, 5.74) is 0.